The highest BCUT2D eigenvalue weighted by Gasteiger charge is 2.15. The molecule has 0 saturated heterocycles. The minimum Gasteiger partial charge on any atom is -0.326 e. The van der Waals surface area contributed by atoms with Gasteiger partial charge in [0.2, 0.25) is 15.9 Å². The molecule has 2 N–H and O–H groups in total. The normalized spacial score (nSPS) is 11.5. The van der Waals surface area contributed by atoms with E-state index in [2.05, 4.69) is 32.6 Å². The van der Waals surface area contributed by atoms with Gasteiger partial charge < -0.3 is 5.32 Å². The van der Waals surface area contributed by atoms with Crippen LogP contribution in [0.1, 0.15) is 12.0 Å². The van der Waals surface area contributed by atoms with Gasteiger partial charge in [0.25, 0.3) is 0 Å². The van der Waals surface area contributed by atoms with Crippen molar-refractivity contribution in [3.63, 3.8) is 0 Å². The number of hydrogen-bond acceptors (Lipinski definition) is 3. The van der Waals surface area contributed by atoms with Crippen molar-refractivity contribution in [1.82, 2.24) is 4.72 Å². The fourth-order valence-electron chi connectivity index (χ4n) is 2.61. The van der Waals surface area contributed by atoms with Crippen LogP contribution in [0.5, 0.6) is 0 Å². The van der Waals surface area contributed by atoms with E-state index in [4.69, 9.17) is 0 Å². The van der Waals surface area contributed by atoms with Crippen molar-refractivity contribution in [2.75, 3.05) is 11.9 Å². The Bertz CT molecular complexity index is 1100. The number of fused-ring (bicyclic) bond motifs is 1. The second-order valence-corrected chi connectivity index (χ2v) is 9.10. The predicted molar refractivity (Wildman–Crippen MR) is 116 cm³/mol. The number of aryl methyl sites for hydroxylation is 1. The maximum absolute atomic E-state index is 12.5. The Hall–Kier alpha value is -1.97. The third-order valence-corrected chi connectivity index (χ3v) is 6.75. The van der Waals surface area contributed by atoms with Gasteiger partial charge in [-0.1, -0.05) is 36.4 Å². The molecular formula is C20H19IN2O3S. The number of carbonyl (C=O) groups excluding carboxylic acids is 1. The minimum absolute atomic E-state index is 0.0317. The smallest absolute Gasteiger partial charge is 0.240 e. The van der Waals surface area contributed by atoms with Gasteiger partial charge in [0.15, 0.2) is 0 Å². The summed E-state index contributed by atoms with van der Waals surface area (Å²) in [4.78, 5) is 12.2. The molecule has 3 rings (SSSR count). The Morgan fingerprint density at radius 3 is 2.48 bits per heavy atom. The summed E-state index contributed by atoms with van der Waals surface area (Å²) in [6.07, 6.45) is 0.0528. The Balaban J connectivity index is 1.59. The average molecular weight is 494 g/mol. The lowest BCUT2D eigenvalue weighted by Crippen LogP contribution is -2.27. The lowest BCUT2D eigenvalue weighted by atomic mass is 10.1. The second kappa shape index (κ2) is 8.37. The van der Waals surface area contributed by atoms with Gasteiger partial charge in [0, 0.05) is 22.2 Å². The number of halogens is 1. The van der Waals surface area contributed by atoms with Gasteiger partial charge in [0.1, 0.15) is 0 Å². The SMILES string of the molecule is Cc1ccc(NC(=O)CCNS(=O)(=O)c2ccc3ccccc3c2)cc1I. The maximum atomic E-state index is 12.5. The number of carbonyl (C=O) groups is 1. The van der Waals surface area contributed by atoms with Crippen LogP contribution in [0.4, 0.5) is 5.69 Å². The molecule has 0 spiro atoms. The van der Waals surface area contributed by atoms with Crippen LogP contribution in [-0.2, 0) is 14.8 Å². The summed E-state index contributed by atoms with van der Waals surface area (Å²) in [5.41, 5.74) is 1.84. The molecule has 5 nitrogen and oxygen atoms in total. The van der Waals surface area contributed by atoms with Crippen molar-refractivity contribution >= 4 is 55.0 Å². The quantitative estimate of drug-likeness (QED) is 0.508. The molecule has 0 bridgehead atoms. The third-order valence-electron chi connectivity index (χ3n) is 4.13. The number of amides is 1. The molecule has 0 saturated carbocycles. The van der Waals surface area contributed by atoms with E-state index in [0.717, 1.165) is 19.9 Å². The molecule has 0 heterocycles. The number of rotatable bonds is 6. The molecule has 0 aromatic heterocycles. The number of hydrogen-bond donors (Lipinski definition) is 2. The van der Waals surface area contributed by atoms with E-state index < -0.39 is 10.0 Å². The number of nitrogens with one attached hydrogen (secondary N) is 2. The molecule has 1 amide bonds. The highest BCUT2D eigenvalue weighted by Crippen LogP contribution is 2.19. The van der Waals surface area contributed by atoms with Crippen molar-refractivity contribution in [1.29, 1.82) is 0 Å². The topological polar surface area (TPSA) is 75.3 Å². The molecule has 0 radical (unpaired) electrons. The van der Waals surface area contributed by atoms with Gasteiger partial charge in [0.05, 0.1) is 4.90 Å². The van der Waals surface area contributed by atoms with Crippen LogP contribution in [-0.4, -0.2) is 20.9 Å². The molecule has 7 heteroatoms. The van der Waals surface area contributed by atoms with E-state index in [9.17, 15) is 13.2 Å². The van der Waals surface area contributed by atoms with Crippen LogP contribution in [0.3, 0.4) is 0 Å². The second-order valence-electron chi connectivity index (χ2n) is 6.17. The van der Waals surface area contributed by atoms with E-state index in [1.54, 1.807) is 18.2 Å². The Morgan fingerprint density at radius 1 is 1.00 bits per heavy atom. The molecule has 3 aromatic rings. The van der Waals surface area contributed by atoms with E-state index in [1.165, 1.54) is 0 Å². The summed E-state index contributed by atoms with van der Waals surface area (Å²) in [7, 11) is -3.66. The van der Waals surface area contributed by atoms with Crippen molar-refractivity contribution in [2.24, 2.45) is 0 Å². The van der Waals surface area contributed by atoms with Crippen LogP contribution >= 0.6 is 22.6 Å². The largest absolute Gasteiger partial charge is 0.326 e. The zero-order valence-corrected chi connectivity index (χ0v) is 17.7. The van der Waals surface area contributed by atoms with Crippen molar-refractivity contribution in [2.45, 2.75) is 18.2 Å². The molecule has 0 fully saturated rings. The summed E-state index contributed by atoms with van der Waals surface area (Å²) >= 11 is 2.21. The maximum Gasteiger partial charge on any atom is 0.240 e. The first-order valence-electron chi connectivity index (χ1n) is 8.40. The fraction of sp³-hybridized carbons (Fsp3) is 0.150. The lowest BCUT2D eigenvalue weighted by molar-refractivity contribution is -0.116. The zero-order valence-electron chi connectivity index (χ0n) is 14.7. The molecule has 0 aliphatic heterocycles. The summed E-state index contributed by atoms with van der Waals surface area (Å²) in [5, 5.41) is 4.61. The molecule has 0 atom stereocenters. The first-order valence-corrected chi connectivity index (χ1v) is 11.0. The standard InChI is InChI=1S/C20H19IN2O3S/c1-14-6-8-17(13-19(14)21)23-20(24)10-11-22-27(25,26)18-9-7-15-4-2-3-5-16(15)12-18/h2-9,12-13,22H,10-11H2,1H3,(H,23,24). The van der Waals surface area contributed by atoms with Gasteiger partial charge in [-0.3, -0.25) is 4.79 Å². The van der Waals surface area contributed by atoms with Gasteiger partial charge in [-0.05, 0) is 70.1 Å². The molecular weight excluding hydrogens is 475 g/mol. The highest BCUT2D eigenvalue weighted by atomic mass is 127. The molecule has 140 valence electrons. The van der Waals surface area contributed by atoms with Crippen molar-refractivity contribution in [3.05, 3.63) is 69.8 Å². The molecule has 0 aliphatic carbocycles. The minimum atomic E-state index is -3.66. The first kappa shape index (κ1) is 19.8. The monoisotopic (exact) mass is 494 g/mol. The van der Waals surface area contributed by atoms with Gasteiger partial charge in [-0.25, -0.2) is 13.1 Å². The van der Waals surface area contributed by atoms with Gasteiger partial charge in [-0.2, -0.15) is 0 Å². The van der Waals surface area contributed by atoms with Gasteiger partial charge >= 0.3 is 0 Å². The van der Waals surface area contributed by atoms with Crippen LogP contribution in [0.2, 0.25) is 0 Å². The Kier molecular flexibility index (Phi) is 6.13. The summed E-state index contributed by atoms with van der Waals surface area (Å²) < 4.78 is 28.5. The highest BCUT2D eigenvalue weighted by molar-refractivity contribution is 14.1. The predicted octanol–water partition coefficient (Wildman–Crippen LogP) is 4.06. The number of sulfonamides is 1. The summed E-state index contributed by atoms with van der Waals surface area (Å²) in [6.45, 7) is 2.03. The van der Waals surface area contributed by atoms with E-state index in [0.29, 0.717) is 5.69 Å². The lowest BCUT2D eigenvalue weighted by Gasteiger charge is -2.09. The van der Waals surface area contributed by atoms with Gasteiger partial charge in [-0.15, -0.1) is 0 Å². The Morgan fingerprint density at radius 2 is 1.74 bits per heavy atom. The summed E-state index contributed by atoms with van der Waals surface area (Å²) in [6, 6.07) is 18.2. The number of anilines is 1. The first-order chi connectivity index (χ1) is 12.8. The fourth-order valence-corrected chi connectivity index (χ4v) is 4.19. The van der Waals surface area contributed by atoms with E-state index >= 15 is 0 Å². The molecule has 27 heavy (non-hydrogen) atoms. The zero-order chi connectivity index (χ0) is 19.4. The van der Waals surface area contributed by atoms with Crippen LogP contribution < -0.4 is 10.0 Å². The van der Waals surface area contributed by atoms with Crippen LogP contribution in [0, 0.1) is 10.5 Å². The van der Waals surface area contributed by atoms with E-state index in [1.807, 2.05) is 49.4 Å². The van der Waals surface area contributed by atoms with Crippen molar-refractivity contribution in [3.8, 4) is 0 Å². The Labute approximate surface area is 172 Å². The van der Waals surface area contributed by atoms with Crippen LogP contribution in [0.25, 0.3) is 10.8 Å². The molecule has 3 aromatic carbocycles. The number of benzene rings is 3. The van der Waals surface area contributed by atoms with Crippen molar-refractivity contribution < 1.29 is 13.2 Å². The summed E-state index contributed by atoms with van der Waals surface area (Å²) in [5.74, 6) is -0.240. The van der Waals surface area contributed by atoms with E-state index in [-0.39, 0.29) is 23.8 Å². The molecule has 0 unspecified atom stereocenters. The van der Waals surface area contributed by atoms with Crippen LogP contribution in [0.15, 0.2) is 65.6 Å². The molecule has 0 aliphatic rings. The third kappa shape index (κ3) is 5.06. The average Bonchev–Trinajstić information content (AvgIpc) is 2.64.